The Bertz CT molecular complexity index is 235. The summed E-state index contributed by atoms with van der Waals surface area (Å²) in [5.74, 6) is 0. The van der Waals surface area contributed by atoms with Gasteiger partial charge in [-0.15, -0.1) is 0 Å². The Morgan fingerprint density at radius 3 is 2.42 bits per heavy atom. The second kappa shape index (κ2) is 3.69. The molecule has 0 saturated heterocycles. The van der Waals surface area contributed by atoms with Crippen molar-refractivity contribution in [2.24, 2.45) is 0 Å². The summed E-state index contributed by atoms with van der Waals surface area (Å²) in [6.07, 6.45) is 1.67. The van der Waals surface area contributed by atoms with Crippen LogP contribution in [0.25, 0.3) is 0 Å². The van der Waals surface area contributed by atoms with Crippen LogP contribution in [0.1, 0.15) is 19.8 Å². The molecule has 1 atom stereocenters. The zero-order valence-corrected chi connectivity index (χ0v) is 8.11. The van der Waals surface area contributed by atoms with Crippen molar-refractivity contribution in [3.8, 4) is 0 Å². The van der Waals surface area contributed by atoms with Gasteiger partial charge in [-0.05, 0) is 26.8 Å². The van der Waals surface area contributed by atoms with Gasteiger partial charge in [0.15, 0.2) is 0 Å². The van der Waals surface area contributed by atoms with Crippen LogP contribution in [0, 0.1) is 0 Å². The van der Waals surface area contributed by atoms with Crippen LogP contribution < -0.4 is 14.8 Å². The summed E-state index contributed by atoms with van der Waals surface area (Å²) >= 11 is 0. The van der Waals surface area contributed by atoms with E-state index >= 15 is 0 Å². The van der Waals surface area contributed by atoms with E-state index in [1.165, 1.54) is 0 Å². The topological polar surface area (TPSA) is 70.2 Å². The smallest absolute Gasteiger partial charge is 0.278 e. The van der Waals surface area contributed by atoms with Crippen molar-refractivity contribution in [3.63, 3.8) is 0 Å². The van der Waals surface area contributed by atoms with Gasteiger partial charge in [0.05, 0.1) is 6.17 Å². The predicted molar refractivity (Wildman–Crippen MR) is 46.7 cm³/mol. The summed E-state index contributed by atoms with van der Waals surface area (Å²) in [5.41, 5.74) is 0. The number of hydrogen-bond acceptors (Lipinski definition) is 3. The molecule has 0 aliphatic heterocycles. The summed E-state index contributed by atoms with van der Waals surface area (Å²) in [4.78, 5) is 0. The Labute approximate surface area is 73.1 Å². The lowest BCUT2D eigenvalue weighted by molar-refractivity contribution is 0.522. The molecule has 1 unspecified atom stereocenters. The number of rotatable bonds is 5. The van der Waals surface area contributed by atoms with Crippen molar-refractivity contribution >= 4 is 10.2 Å². The average Bonchev–Trinajstić information content (AvgIpc) is 2.69. The van der Waals surface area contributed by atoms with Crippen LogP contribution in [0.2, 0.25) is 0 Å². The zero-order chi connectivity index (χ0) is 9.19. The SMILES string of the molecule is CNC(C)NS(=O)(=O)NC1CC1. The first kappa shape index (κ1) is 9.91. The molecule has 6 heteroatoms. The Morgan fingerprint density at radius 1 is 1.42 bits per heavy atom. The van der Waals surface area contributed by atoms with Crippen molar-refractivity contribution < 1.29 is 8.42 Å². The molecule has 0 spiro atoms. The number of nitrogens with one attached hydrogen (secondary N) is 3. The molecule has 1 aliphatic carbocycles. The third kappa shape index (κ3) is 3.48. The summed E-state index contributed by atoms with van der Waals surface area (Å²) in [7, 11) is -1.59. The van der Waals surface area contributed by atoms with Crippen LogP contribution in [0.5, 0.6) is 0 Å². The third-order valence-electron chi connectivity index (χ3n) is 1.66. The fraction of sp³-hybridized carbons (Fsp3) is 1.00. The molecule has 0 heterocycles. The quantitative estimate of drug-likeness (QED) is 0.497. The highest BCUT2D eigenvalue weighted by molar-refractivity contribution is 7.87. The molecule has 0 amide bonds. The molecular weight excluding hydrogens is 178 g/mol. The molecule has 1 aliphatic rings. The minimum atomic E-state index is -3.29. The second-order valence-electron chi connectivity index (χ2n) is 3.02. The van der Waals surface area contributed by atoms with E-state index < -0.39 is 10.2 Å². The van der Waals surface area contributed by atoms with Crippen LogP contribution in [0.4, 0.5) is 0 Å². The van der Waals surface area contributed by atoms with Gasteiger partial charge in [-0.1, -0.05) is 0 Å². The van der Waals surface area contributed by atoms with E-state index in [9.17, 15) is 8.42 Å². The largest absolute Gasteiger partial charge is 0.304 e. The average molecular weight is 193 g/mol. The van der Waals surface area contributed by atoms with Crippen molar-refractivity contribution in [1.29, 1.82) is 0 Å². The molecule has 0 radical (unpaired) electrons. The first-order chi connectivity index (χ1) is 5.53. The highest BCUT2D eigenvalue weighted by atomic mass is 32.2. The lowest BCUT2D eigenvalue weighted by Gasteiger charge is -2.12. The molecule has 72 valence electrons. The minimum absolute atomic E-state index is 0.159. The molecule has 12 heavy (non-hydrogen) atoms. The van der Waals surface area contributed by atoms with Gasteiger partial charge in [-0.3, -0.25) is 0 Å². The summed E-state index contributed by atoms with van der Waals surface area (Å²) < 4.78 is 27.3. The molecule has 5 nitrogen and oxygen atoms in total. The van der Waals surface area contributed by atoms with Gasteiger partial charge in [0.25, 0.3) is 10.2 Å². The lowest BCUT2D eigenvalue weighted by atomic mass is 10.6. The van der Waals surface area contributed by atoms with Gasteiger partial charge in [0.2, 0.25) is 0 Å². The Kier molecular flexibility index (Phi) is 3.05. The molecule has 0 aromatic heterocycles. The maximum Gasteiger partial charge on any atom is 0.278 e. The van der Waals surface area contributed by atoms with Crippen molar-refractivity contribution in [2.45, 2.75) is 32.0 Å². The zero-order valence-electron chi connectivity index (χ0n) is 7.29. The van der Waals surface area contributed by atoms with Gasteiger partial charge < -0.3 is 5.32 Å². The van der Waals surface area contributed by atoms with E-state index in [4.69, 9.17) is 0 Å². The monoisotopic (exact) mass is 193 g/mol. The van der Waals surface area contributed by atoms with Crippen LogP contribution >= 0.6 is 0 Å². The molecule has 1 fully saturated rings. The Hall–Kier alpha value is -0.170. The molecule has 0 aromatic rings. The van der Waals surface area contributed by atoms with Crippen LogP contribution in [-0.2, 0) is 10.2 Å². The lowest BCUT2D eigenvalue weighted by Crippen LogP contribution is -2.47. The normalized spacial score (nSPS) is 20.8. The molecule has 1 saturated carbocycles. The van der Waals surface area contributed by atoms with Gasteiger partial charge in [0.1, 0.15) is 0 Å². The molecule has 0 aromatic carbocycles. The maximum absolute atomic E-state index is 11.2. The van der Waals surface area contributed by atoms with Crippen molar-refractivity contribution in [1.82, 2.24) is 14.8 Å². The van der Waals surface area contributed by atoms with E-state index in [1.54, 1.807) is 14.0 Å². The standard InChI is InChI=1S/C6H15N3O2S/c1-5(7-2)8-12(10,11)9-6-3-4-6/h5-9H,3-4H2,1-2H3. The van der Waals surface area contributed by atoms with Gasteiger partial charge in [0, 0.05) is 6.04 Å². The van der Waals surface area contributed by atoms with Crippen LogP contribution in [-0.4, -0.2) is 27.7 Å². The predicted octanol–water partition coefficient (Wildman–Crippen LogP) is -0.862. The van der Waals surface area contributed by atoms with E-state index in [1.807, 2.05) is 0 Å². The number of hydrogen-bond donors (Lipinski definition) is 3. The van der Waals surface area contributed by atoms with Gasteiger partial charge in [-0.25, -0.2) is 0 Å². The fourth-order valence-corrected chi connectivity index (χ4v) is 2.07. The minimum Gasteiger partial charge on any atom is -0.304 e. The first-order valence-corrected chi connectivity index (χ1v) is 5.48. The van der Waals surface area contributed by atoms with Crippen LogP contribution in [0.15, 0.2) is 0 Å². The summed E-state index contributed by atoms with van der Waals surface area (Å²) in [5, 5.41) is 2.78. The maximum atomic E-state index is 11.2. The van der Waals surface area contributed by atoms with E-state index in [0.717, 1.165) is 12.8 Å². The first-order valence-electron chi connectivity index (χ1n) is 4.00. The van der Waals surface area contributed by atoms with Crippen molar-refractivity contribution in [3.05, 3.63) is 0 Å². The molecule has 3 N–H and O–H groups in total. The summed E-state index contributed by atoms with van der Waals surface area (Å²) in [6, 6.07) is 0.159. The highest BCUT2D eigenvalue weighted by Crippen LogP contribution is 2.19. The molecule has 1 rings (SSSR count). The fourth-order valence-electron chi connectivity index (χ4n) is 0.746. The van der Waals surface area contributed by atoms with E-state index in [2.05, 4.69) is 14.8 Å². The highest BCUT2D eigenvalue weighted by Gasteiger charge is 2.27. The van der Waals surface area contributed by atoms with Crippen molar-refractivity contribution in [2.75, 3.05) is 7.05 Å². The van der Waals surface area contributed by atoms with E-state index in [-0.39, 0.29) is 12.2 Å². The van der Waals surface area contributed by atoms with E-state index in [0.29, 0.717) is 0 Å². The van der Waals surface area contributed by atoms with Crippen LogP contribution in [0.3, 0.4) is 0 Å². The molecular formula is C6H15N3O2S. The third-order valence-corrected chi connectivity index (χ3v) is 2.97. The summed E-state index contributed by atoms with van der Waals surface area (Å²) in [6.45, 7) is 1.74. The second-order valence-corrected chi connectivity index (χ2v) is 4.50. The Balaban J connectivity index is 2.36. The Morgan fingerprint density at radius 2 is 2.00 bits per heavy atom. The van der Waals surface area contributed by atoms with Gasteiger partial charge in [-0.2, -0.15) is 17.9 Å². The molecule has 0 bridgehead atoms. The van der Waals surface area contributed by atoms with Gasteiger partial charge >= 0.3 is 0 Å².